The van der Waals surface area contributed by atoms with E-state index in [4.69, 9.17) is 14.1 Å². The van der Waals surface area contributed by atoms with E-state index in [1.165, 1.54) is 0 Å². The highest BCUT2D eigenvalue weighted by molar-refractivity contribution is 6.16. The van der Waals surface area contributed by atoms with E-state index < -0.39 is 6.17 Å². The molecule has 3 aliphatic heterocycles. The third kappa shape index (κ3) is 4.52. The molecule has 4 aromatic rings. The van der Waals surface area contributed by atoms with Crippen LogP contribution < -0.4 is 10.2 Å². The zero-order valence-corrected chi connectivity index (χ0v) is 21.7. The summed E-state index contributed by atoms with van der Waals surface area (Å²) in [5.74, 6) is 0.207. The number of ether oxygens (including phenoxy) is 1. The standard InChI is InChI=1S/C31H26N6O3/c32-16-19-10-13-25(26(14-19)37-17-22-11-12-23(18-37)39-22)30-35-36-31(40-30)34-29-27(38)15-21-8-4-5-9-24(21)28(33-29)20-6-2-1-3-7-20/h1-10,13-14,22-23,29H,11-12,15,17-18H2,(H,34,36)/t22?,23?,29-/m1/s1. The number of fused-ring (bicyclic) bond motifs is 3. The first kappa shape index (κ1) is 24.2. The van der Waals surface area contributed by atoms with Gasteiger partial charge in [0.15, 0.2) is 11.9 Å². The number of anilines is 2. The molecule has 9 nitrogen and oxygen atoms in total. The van der Waals surface area contributed by atoms with Crippen LogP contribution in [-0.4, -0.2) is 53.2 Å². The van der Waals surface area contributed by atoms with Gasteiger partial charge in [-0.15, -0.1) is 5.10 Å². The van der Waals surface area contributed by atoms with Crippen LogP contribution in [0, 0.1) is 11.3 Å². The van der Waals surface area contributed by atoms with Crippen molar-refractivity contribution in [1.29, 1.82) is 5.26 Å². The maximum atomic E-state index is 13.3. The van der Waals surface area contributed by atoms with E-state index in [-0.39, 0.29) is 30.4 Å². The molecule has 1 aromatic heterocycles. The Morgan fingerprint density at radius 1 is 0.925 bits per heavy atom. The number of hydrogen-bond acceptors (Lipinski definition) is 9. The molecule has 1 N–H and O–H groups in total. The van der Waals surface area contributed by atoms with E-state index in [1.54, 1.807) is 6.07 Å². The van der Waals surface area contributed by atoms with Crippen LogP contribution >= 0.6 is 0 Å². The molecule has 2 fully saturated rings. The maximum Gasteiger partial charge on any atom is 0.317 e. The second-order valence-corrected chi connectivity index (χ2v) is 10.3. The Hall–Kier alpha value is -4.81. The number of hydrogen-bond donors (Lipinski definition) is 1. The molecule has 198 valence electrons. The Labute approximate surface area is 231 Å². The molecule has 3 aromatic carbocycles. The summed E-state index contributed by atoms with van der Waals surface area (Å²) in [6.45, 7) is 1.48. The van der Waals surface area contributed by atoms with Crippen molar-refractivity contribution >= 4 is 23.2 Å². The van der Waals surface area contributed by atoms with Gasteiger partial charge in [0.2, 0.25) is 0 Å². The molecule has 2 unspecified atom stereocenters. The Kier molecular flexibility index (Phi) is 6.10. The second-order valence-electron chi connectivity index (χ2n) is 10.3. The fourth-order valence-corrected chi connectivity index (χ4v) is 5.76. The topological polar surface area (TPSA) is 117 Å². The lowest BCUT2D eigenvalue weighted by atomic mass is 9.96. The lowest BCUT2D eigenvalue weighted by Crippen LogP contribution is -2.42. The van der Waals surface area contributed by atoms with Crippen molar-refractivity contribution in [2.24, 2.45) is 4.99 Å². The number of nitrogens with one attached hydrogen (secondary N) is 1. The van der Waals surface area contributed by atoms with Gasteiger partial charge in [0, 0.05) is 30.6 Å². The summed E-state index contributed by atoms with van der Waals surface area (Å²) in [7, 11) is 0. The molecule has 0 spiro atoms. The Bertz CT molecular complexity index is 1650. The Balaban J connectivity index is 1.21. The van der Waals surface area contributed by atoms with E-state index in [0.29, 0.717) is 11.5 Å². The monoisotopic (exact) mass is 530 g/mol. The van der Waals surface area contributed by atoms with E-state index >= 15 is 0 Å². The molecule has 4 heterocycles. The molecule has 40 heavy (non-hydrogen) atoms. The van der Waals surface area contributed by atoms with Crippen molar-refractivity contribution in [3.05, 3.63) is 95.1 Å². The quantitative estimate of drug-likeness (QED) is 0.404. The van der Waals surface area contributed by atoms with E-state index in [9.17, 15) is 10.1 Å². The van der Waals surface area contributed by atoms with Crippen LogP contribution in [0.2, 0.25) is 0 Å². The predicted molar refractivity (Wildman–Crippen MR) is 149 cm³/mol. The van der Waals surface area contributed by atoms with Gasteiger partial charge in [0.25, 0.3) is 5.89 Å². The molecule has 0 amide bonds. The first-order valence-electron chi connectivity index (χ1n) is 13.4. The van der Waals surface area contributed by atoms with Gasteiger partial charge in [-0.3, -0.25) is 9.79 Å². The number of morpholine rings is 1. The number of carbonyl (C=O) groups excluding carboxylic acids is 1. The molecular weight excluding hydrogens is 504 g/mol. The van der Waals surface area contributed by atoms with E-state index in [2.05, 4.69) is 26.5 Å². The number of nitriles is 1. The number of rotatable bonds is 5. The average molecular weight is 531 g/mol. The number of aliphatic imine (C=N–C) groups is 1. The number of Topliss-reactive ketones (excluding diaryl/α,β-unsaturated/α-hetero) is 1. The first-order chi connectivity index (χ1) is 19.6. The fourth-order valence-electron chi connectivity index (χ4n) is 5.76. The SMILES string of the molecule is N#Cc1ccc(-c2nnc(N[C@H]3N=C(c4ccccc4)c4ccccc4CC3=O)o2)c(N2CC3CCC(C2)O3)c1. The van der Waals surface area contributed by atoms with Crippen molar-refractivity contribution in [2.75, 3.05) is 23.3 Å². The highest BCUT2D eigenvalue weighted by Crippen LogP contribution is 2.36. The summed E-state index contributed by atoms with van der Waals surface area (Å²) < 4.78 is 12.1. The number of ketones is 1. The zero-order valence-electron chi connectivity index (χ0n) is 21.7. The number of aromatic nitrogens is 2. The molecule has 0 saturated carbocycles. The largest absolute Gasteiger partial charge is 0.403 e. The van der Waals surface area contributed by atoms with Crippen LogP contribution in [0.25, 0.3) is 11.5 Å². The van der Waals surface area contributed by atoms with Crippen LogP contribution in [0.4, 0.5) is 11.7 Å². The Morgan fingerprint density at radius 2 is 1.70 bits per heavy atom. The molecule has 2 bridgehead atoms. The van der Waals surface area contributed by atoms with Crippen LogP contribution in [0.3, 0.4) is 0 Å². The predicted octanol–water partition coefficient (Wildman–Crippen LogP) is 4.38. The van der Waals surface area contributed by atoms with E-state index in [0.717, 1.165) is 59.6 Å². The molecular formula is C31H26N6O3. The number of carbonyl (C=O) groups is 1. The van der Waals surface area contributed by atoms with Gasteiger partial charge in [-0.1, -0.05) is 59.7 Å². The highest BCUT2D eigenvalue weighted by Gasteiger charge is 2.35. The number of nitrogens with zero attached hydrogens (tertiary/aromatic N) is 5. The average Bonchev–Trinajstić information content (AvgIpc) is 3.56. The third-order valence-electron chi connectivity index (χ3n) is 7.67. The lowest BCUT2D eigenvalue weighted by molar-refractivity contribution is -0.119. The molecule has 3 aliphatic rings. The van der Waals surface area contributed by atoms with Crippen molar-refractivity contribution in [2.45, 2.75) is 37.6 Å². The lowest BCUT2D eigenvalue weighted by Gasteiger charge is -2.34. The van der Waals surface area contributed by atoms with Gasteiger partial charge in [-0.05, 0) is 36.6 Å². The molecule has 3 atom stereocenters. The second kappa shape index (κ2) is 10.1. The summed E-state index contributed by atoms with van der Waals surface area (Å²) in [4.78, 5) is 20.4. The van der Waals surface area contributed by atoms with Gasteiger partial charge in [-0.2, -0.15) is 5.26 Å². The maximum absolute atomic E-state index is 13.3. The summed E-state index contributed by atoms with van der Waals surface area (Å²) in [6.07, 6.45) is 1.76. The zero-order chi connectivity index (χ0) is 27.1. The van der Waals surface area contributed by atoms with Crippen LogP contribution in [0.15, 0.2) is 82.2 Å². The molecule has 2 saturated heterocycles. The highest BCUT2D eigenvalue weighted by atomic mass is 16.5. The normalized spacial score (nSPS) is 21.8. The summed E-state index contributed by atoms with van der Waals surface area (Å²) >= 11 is 0. The van der Waals surface area contributed by atoms with Gasteiger partial charge in [0.05, 0.1) is 40.8 Å². The minimum absolute atomic E-state index is 0.0963. The van der Waals surface area contributed by atoms with E-state index in [1.807, 2.05) is 66.7 Å². The molecule has 0 aliphatic carbocycles. The summed E-state index contributed by atoms with van der Waals surface area (Å²) in [6, 6.07) is 25.4. The minimum Gasteiger partial charge on any atom is -0.403 e. The van der Waals surface area contributed by atoms with Gasteiger partial charge in [-0.25, -0.2) is 0 Å². The fraction of sp³-hybridized carbons (Fsp3) is 0.258. The number of benzene rings is 3. The minimum atomic E-state index is -0.897. The third-order valence-corrected chi connectivity index (χ3v) is 7.67. The molecule has 7 rings (SSSR count). The van der Waals surface area contributed by atoms with Crippen molar-refractivity contribution < 1.29 is 13.9 Å². The van der Waals surface area contributed by atoms with Gasteiger partial charge >= 0.3 is 6.01 Å². The van der Waals surface area contributed by atoms with Crippen LogP contribution in [0.5, 0.6) is 0 Å². The van der Waals surface area contributed by atoms with Crippen molar-refractivity contribution in [1.82, 2.24) is 10.2 Å². The van der Waals surface area contributed by atoms with Crippen molar-refractivity contribution in [3.63, 3.8) is 0 Å². The molecule has 0 radical (unpaired) electrons. The smallest absolute Gasteiger partial charge is 0.317 e. The Morgan fingerprint density at radius 3 is 2.50 bits per heavy atom. The van der Waals surface area contributed by atoms with Crippen molar-refractivity contribution in [3.8, 4) is 17.5 Å². The van der Waals surface area contributed by atoms with Crippen LogP contribution in [0.1, 0.15) is 35.1 Å². The summed E-state index contributed by atoms with van der Waals surface area (Å²) in [5, 5.41) is 21.1. The van der Waals surface area contributed by atoms with Gasteiger partial charge in [0.1, 0.15) is 0 Å². The first-order valence-corrected chi connectivity index (χ1v) is 13.4. The summed E-state index contributed by atoms with van der Waals surface area (Å²) in [5.41, 5.74) is 5.65. The van der Waals surface area contributed by atoms with Crippen LogP contribution in [-0.2, 0) is 16.0 Å². The molecule has 9 heteroatoms. The van der Waals surface area contributed by atoms with Gasteiger partial charge < -0.3 is 19.4 Å².